The summed E-state index contributed by atoms with van der Waals surface area (Å²) >= 11 is 1.36. The molecule has 0 saturated heterocycles. The standard InChI is InChI=1S/C21H21N3O5S/c1-4-13-23-19-16(28-2)10-11-17(29-3)20(19)30-21(23)22-18(25)12-7-14-5-8-15(9-6-14)24(26)27/h5-12H,4,13H2,1-3H3/b12-7+,22-21?. The summed E-state index contributed by atoms with van der Waals surface area (Å²) in [4.78, 5) is 27.5. The maximum Gasteiger partial charge on any atom is 0.272 e. The van der Waals surface area contributed by atoms with Crippen LogP contribution in [0.15, 0.2) is 47.5 Å². The first-order valence-electron chi connectivity index (χ1n) is 9.24. The van der Waals surface area contributed by atoms with Crippen molar-refractivity contribution >= 4 is 39.2 Å². The van der Waals surface area contributed by atoms with Gasteiger partial charge >= 0.3 is 0 Å². The van der Waals surface area contributed by atoms with Crippen molar-refractivity contribution in [2.45, 2.75) is 19.9 Å². The maximum absolute atomic E-state index is 12.5. The number of aryl methyl sites for hydroxylation is 1. The van der Waals surface area contributed by atoms with Gasteiger partial charge < -0.3 is 14.0 Å². The van der Waals surface area contributed by atoms with Crippen LogP contribution in [0.2, 0.25) is 0 Å². The van der Waals surface area contributed by atoms with Crippen LogP contribution in [-0.4, -0.2) is 29.6 Å². The first kappa shape index (κ1) is 21.3. The van der Waals surface area contributed by atoms with Crippen LogP contribution in [0.1, 0.15) is 18.9 Å². The van der Waals surface area contributed by atoms with E-state index in [1.165, 1.54) is 29.5 Å². The highest BCUT2D eigenvalue weighted by molar-refractivity contribution is 7.16. The lowest BCUT2D eigenvalue weighted by molar-refractivity contribution is -0.384. The summed E-state index contributed by atoms with van der Waals surface area (Å²) in [6, 6.07) is 9.60. The molecule has 156 valence electrons. The molecule has 3 rings (SSSR count). The van der Waals surface area contributed by atoms with Gasteiger partial charge in [-0.1, -0.05) is 18.3 Å². The second kappa shape index (κ2) is 9.36. The van der Waals surface area contributed by atoms with E-state index in [1.807, 2.05) is 23.6 Å². The Morgan fingerprint density at radius 2 is 1.83 bits per heavy atom. The molecule has 0 aliphatic heterocycles. The number of nitrogens with zero attached hydrogens (tertiary/aromatic N) is 3. The fraction of sp³-hybridized carbons (Fsp3) is 0.238. The molecule has 1 heterocycles. The zero-order valence-electron chi connectivity index (χ0n) is 16.8. The van der Waals surface area contributed by atoms with E-state index < -0.39 is 10.8 Å². The SMILES string of the molecule is CCCn1c(=NC(=O)/C=C/c2ccc([N+](=O)[O-])cc2)sc2c(OC)ccc(OC)c21. The number of nitro benzene ring substituents is 1. The molecular weight excluding hydrogens is 406 g/mol. The van der Waals surface area contributed by atoms with Gasteiger partial charge in [-0.25, -0.2) is 0 Å². The fourth-order valence-corrected chi connectivity index (χ4v) is 4.15. The maximum atomic E-state index is 12.5. The number of rotatable bonds is 7. The third-order valence-electron chi connectivity index (χ3n) is 4.37. The topological polar surface area (TPSA) is 96.0 Å². The molecule has 30 heavy (non-hydrogen) atoms. The summed E-state index contributed by atoms with van der Waals surface area (Å²) in [7, 11) is 3.20. The van der Waals surface area contributed by atoms with Crippen LogP contribution in [-0.2, 0) is 11.3 Å². The summed E-state index contributed by atoms with van der Waals surface area (Å²) in [5.41, 5.74) is 1.51. The molecule has 0 N–H and O–H groups in total. The number of benzene rings is 2. The Bertz CT molecular complexity index is 1180. The number of carbonyl (C=O) groups excluding carboxylic acids is 1. The Labute approximate surface area is 176 Å². The Hall–Kier alpha value is -3.46. The number of thiazole rings is 1. The van der Waals surface area contributed by atoms with Gasteiger partial charge in [0, 0.05) is 24.8 Å². The van der Waals surface area contributed by atoms with E-state index >= 15 is 0 Å². The molecule has 0 spiro atoms. The number of aromatic nitrogens is 1. The van der Waals surface area contributed by atoms with Crippen LogP contribution >= 0.6 is 11.3 Å². The molecule has 0 bridgehead atoms. The number of hydrogen-bond acceptors (Lipinski definition) is 6. The Morgan fingerprint density at radius 1 is 1.17 bits per heavy atom. The van der Waals surface area contributed by atoms with Crippen molar-refractivity contribution in [1.29, 1.82) is 0 Å². The molecule has 9 heteroatoms. The fourth-order valence-electron chi connectivity index (χ4n) is 2.98. The van der Waals surface area contributed by atoms with Crippen molar-refractivity contribution in [2.75, 3.05) is 14.2 Å². The van der Waals surface area contributed by atoms with E-state index in [4.69, 9.17) is 9.47 Å². The van der Waals surface area contributed by atoms with Gasteiger partial charge in [-0.2, -0.15) is 4.99 Å². The summed E-state index contributed by atoms with van der Waals surface area (Å²) in [6.45, 7) is 2.71. The third-order valence-corrected chi connectivity index (χ3v) is 5.46. The molecule has 0 saturated carbocycles. The number of carbonyl (C=O) groups is 1. The molecule has 0 atom stereocenters. The zero-order chi connectivity index (χ0) is 21.7. The molecule has 0 radical (unpaired) electrons. The van der Waals surface area contributed by atoms with Gasteiger partial charge in [-0.05, 0) is 42.3 Å². The summed E-state index contributed by atoms with van der Waals surface area (Å²) < 4.78 is 13.8. The van der Waals surface area contributed by atoms with Crippen molar-refractivity contribution in [3.63, 3.8) is 0 Å². The van der Waals surface area contributed by atoms with Crippen LogP contribution in [0.4, 0.5) is 5.69 Å². The Kier molecular flexibility index (Phi) is 6.63. The lowest BCUT2D eigenvalue weighted by Gasteiger charge is -2.09. The van der Waals surface area contributed by atoms with Gasteiger partial charge in [0.25, 0.3) is 11.6 Å². The molecular formula is C21H21N3O5S. The number of ether oxygens (including phenoxy) is 2. The van der Waals surface area contributed by atoms with E-state index in [-0.39, 0.29) is 5.69 Å². The van der Waals surface area contributed by atoms with Gasteiger partial charge in [0.15, 0.2) is 4.80 Å². The first-order chi connectivity index (χ1) is 14.5. The second-order valence-corrected chi connectivity index (χ2v) is 7.29. The minimum Gasteiger partial charge on any atom is -0.495 e. The van der Waals surface area contributed by atoms with Gasteiger partial charge in [0.05, 0.1) is 19.1 Å². The molecule has 1 amide bonds. The zero-order valence-corrected chi connectivity index (χ0v) is 17.6. The smallest absolute Gasteiger partial charge is 0.272 e. The number of amides is 1. The average molecular weight is 427 g/mol. The molecule has 8 nitrogen and oxygen atoms in total. The molecule has 2 aromatic carbocycles. The van der Waals surface area contributed by atoms with E-state index in [1.54, 1.807) is 32.4 Å². The van der Waals surface area contributed by atoms with Crippen molar-refractivity contribution in [3.05, 3.63) is 63.0 Å². The number of fused-ring (bicyclic) bond motifs is 1. The van der Waals surface area contributed by atoms with Gasteiger partial charge in [-0.3, -0.25) is 14.9 Å². The highest BCUT2D eigenvalue weighted by Gasteiger charge is 2.15. The lowest BCUT2D eigenvalue weighted by Crippen LogP contribution is -2.16. The van der Waals surface area contributed by atoms with Crippen LogP contribution in [0.5, 0.6) is 11.5 Å². The largest absolute Gasteiger partial charge is 0.495 e. The quantitative estimate of drug-likeness (QED) is 0.320. The van der Waals surface area contributed by atoms with Crippen LogP contribution in [0.3, 0.4) is 0 Å². The van der Waals surface area contributed by atoms with Crippen molar-refractivity contribution in [3.8, 4) is 11.5 Å². The Morgan fingerprint density at radius 3 is 2.43 bits per heavy atom. The summed E-state index contributed by atoms with van der Waals surface area (Å²) in [6.07, 6.45) is 3.77. The van der Waals surface area contributed by atoms with Gasteiger partial charge in [-0.15, -0.1) is 0 Å². The van der Waals surface area contributed by atoms with E-state index in [0.717, 1.165) is 16.6 Å². The molecule has 0 aliphatic rings. The average Bonchev–Trinajstić information content (AvgIpc) is 3.10. The second-order valence-electron chi connectivity index (χ2n) is 6.32. The van der Waals surface area contributed by atoms with Crippen molar-refractivity contribution in [1.82, 2.24) is 4.57 Å². The lowest BCUT2D eigenvalue weighted by atomic mass is 10.2. The van der Waals surface area contributed by atoms with Crippen molar-refractivity contribution < 1.29 is 19.2 Å². The highest BCUT2D eigenvalue weighted by atomic mass is 32.1. The molecule has 3 aromatic rings. The highest BCUT2D eigenvalue weighted by Crippen LogP contribution is 2.35. The van der Waals surface area contributed by atoms with E-state index in [0.29, 0.717) is 28.4 Å². The predicted molar refractivity (Wildman–Crippen MR) is 116 cm³/mol. The first-order valence-corrected chi connectivity index (χ1v) is 10.1. The van der Waals surface area contributed by atoms with Crippen molar-refractivity contribution in [2.24, 2.45) is 4.99 Å². The molecule has 0 aliphatic carbocycles. The minimum atomic E-state index is -0.468. The molecule has 0 unspecified atom stereocenters. The van der Waals surface area contributed by atoms with E-state index in [2.05, 4.69) is 4.99 Å². The van der Waals surface area contributed by atoms with Crippen LogP contribution < -0.4 is 14.3 Å². The monoisotopic (exact) mass is 427 g/mol. The summed E-state index contributed by atoms with van der Waals surface area (Å²) in [5.74, 6) is 0.949. The third kappa shape index (κ3) is 4.41. The van der Waals surface area contributed by atoms with Gasteiger partial charge in [0.1, 0.15) is 21.7 Å². The number of hydrogen-bond donors (Lipinski definition) is 0. The van der Waals surface area contributed by atoms with Gasteiger partial charge in [0.2, 0.25) is 0 Å². The number of methoxy groups -OCH3 is 2. The van der Waals surface area contributed by atoms with Crippen LogP contribution in [0.25, 0.3) is 16.3 Å². The Balaban J connectivity index is 2.00. The minimum absolute atomic E-state index is 0.00283. The molecule has 1 aromatic heterocycles. The predicted octanol–water partition coefficient (Wildman–Crippen LogP) is 4.18. The summed E-state index contributed by atoms with van der Waals surface area (Å²) in [5, 5.41) is 10.7. The number of nitro groups is 1. The molecule has 0 fully saturated rings. The number of non-ortho nitro benzene ring substituents is 1. The van der Waals surface area contributed by atoms with E-state index in [9.17, 15) is 14.9 Å². The van der Waals surface area contributed by atoms with Crippen LogP contribution in [0, 0.1) is 10.1 Å². The normalized spacial score (nSPS) is 11.9.